The van der Waals surface area contributed by atoms with Crippen molar-refractivity contribution in [1.29, 1.82) is 0 Å². The Balaban J connectivity index is 1.82. The molecule has 0 aliphatic carbocycles. The molecule has 3 nitrogen and oxygen atoms in total. The van der Waals surface area contributed by atoms with Gasteiger partial charge in [0.05, 0.1) is 12.5 Å². The Bertz CT molecular complexity index is 541. The van der Waals surface area contributed by atoms with Gasteiger partial charge in [0.15, 0.2) is 0 Å². The van der Waals surface area contributed by atoms with Gasteiger partial charge in [-0.15, -0.1) is 0 Å². The average Bonchev–Trinajstić information content (AvgIpc) is 2.43. The van der Waals surface area contributed by atoms with Crippen molar-refractivity contribution < 1.29 is 26.7 Å². The molecule has 1 aromatic carbocycles. The van der Waals surface area contributed by atoms with Gasteiger partial charge >= 0.3 is 6.18 Å². The van der Waals surface area contributed by atoms with Crippen molar-refractivity contribution in [3.8, 4) is 0 Å². The number of hydrogen-bond donors (Lipinski definition) is 1. The number of piperidine rings is 1. The van der Waals surface area contributed by atoms with Crippen LogP contribution in [0.2, 0.25) is 0 Å². The summed E-state index contributed by atoms with van der Waals surface area (Å²) in [5, 5.41) is 2.46. The third-order valence-corrected chi connectivity index (χ3v) is 3.75. The minimum absolute atomic E-state index is 0.0736. The standard InChI is InChI=1S/C15H17F5N2O/c16-12-4-10(5-13(17)6-12)7-21-14(23)9-22-3-1-2-11(8-22)15(18,19)20/h4-6,11H,1-3,7-9H2,(H,21,23)/t11-/m0/s1. The Morgan fingerprint density at radius 3 is 2.48 bits per heavy atom. The summed E-state index contributed by atoms with van der Waals surface area (Å²) in [5.41, 5.74) is 0.252. The monoisotopic (exact) mass is 336 g/mol. The topological polar surface area (TPSA) is 32.3 Å². The second kappa shape index (κ2) is 7.25. The van der Waals surface area contributed by atoms with Gasteiger partial charge in [-0.2, -0.15) is 13.2 Å². The SMILES string of the molecule is O=C(CN1CCC[C@H](C(F)(F)F)C1)NCc1cc(F)cc(F)c1. The third kappa shape index (κ3) is 5.46. The Kier molecular flexibility index (Phi) is 5.56. The molecule has 0 saturated carbocycles. The summed E-state index contributed by atoms with van der Waals surface area (Å²) in [4.78, 5) is 13.2. The summed E-state index contributed by atoms with van der Waals surface area (Å²) in [6, 6.07) is 2.89. The second-order valence-electron chi connectivity index (χ2n) is 5.67. The normalized spacial score (nSPS) is 19.6. The van der Waals surface area contributed by atoms with Crippen molar-refractivity contribution in [3.05, 3.63) is 35.4 Å². The number of nitrogens with one attached hydrogen (secondary N) is 1. The predicted molar refractivity (Wildman–Crippen MR) is 73.4 cm³/mol. The number of alkyl halides is 3. The zero-order chi connectivity index (χ0) is 17.0. The van der Waals surface area contributed by atoms with Gasteiger partial charge in [0.25, 0.3) is 0 Å². The van der Waals surface area contributed by atoms with Crippen LogP contribution in [0.5, 0.6) is 0 Å². The molecule has 0 spiro atoms. The molecule has 1 saturated heterocycles. The van der Waals surface area contributed by atoms with E-state index in [1.165, 1.54) is 4.90 Å². The van der Waals surface area contributed by atoms with E-state index in [1.807, 2.05) is 0 Å². The van der Waals surface area contributed by atoms with E-state index >= 15 is 0 Å². The fourth-order valence-corrected chi connectivity index (χ4v) is 2.64. The molecule has 1 fully saturated rings. The van der Waals surface area contributed by atoms with E-state index < -0.39 is 29.6 Å². The summed E-state index contributed by atoms with van der Waals surface area (Å²) < 4.78 is 64.1. The molecule has 1 aliphatic heterocycles. The molecule has 1 atom stereocenters. The highest BCUT2D eigenvalue weighted by Crippen LogP contribution is 2.32. The van der Waals surface area contributed by atoms with E-state index in [-0.39, 0.29) is 31.6 Å². The van der Waals surface area contributed by atoms with Crippen LogP contribution in [-0.2, 0) is 11.3 Å². The quantitative estimate of drug-likeness (QED) is 0.858. The number of halogens is 5. The van der Waals surface area contributed by atoms with E-state index in [4.69, 9.17) is 0 Å². The molecule has 1 amide bonds. The number of carbonyl (C=O) groups is 1. The molecule has 1 aliphatic rings. The summed E-state index contributed by atoms with van der Waals surface area (Å²) in [6.07, 6.45) is -3.80. The first-order valence-corrected chi connectivity index (χ1v) is 7.25. The summed E-state index contributed by atoms with van der Waals surface area (Å²) in [6.45, 7) is -0.0193. The highest BCUT2D eigenvalue weighted by Gasteiger charge is 2.41. The van der Waals surface area contributed by atoms with Crippen LogP contribution in [0.3, 0.4) is 0 Å². The molecule has 2 rings (SSSR count). The first kappa shape index (κ1) is 17.7. The zero-order valence-corrected chi connectivity index (χ0v) is 12.3. The highest BCUT2D eigenvalue weighted by atomic mass is 19.4. The van der Waals surface area contributed by atoms with Crippen LogP contribution in [0, 0.1) is 17.6 Å². The van der Waals surface area contributed by atoms with Crippen LogP contribution in [-0.4, -0.2) is 36.6 Å². The molecule has 0 radical (unpaired) electrons. The van der Waals surface area contributed by atoms with E-state index in [0.29, 0.717) is 13.0 Å². The molecule has 1 aromatic rings. The number of amides is 1. The van der Waals surface area contributed by atoms with E-state index in [2.05, 4.69) is 5.32 Å². The molecule has 128 valence electrons. The Morgan fingerprint density at radius 2 is 1.87 bits per heavy atom. The molecule has 0 bridgehead atoms. The van der Waals surface area contributed by atoms with Crippen LogP contribution in [0.15, 0.2) is 18.2 Å². The lowest BCUT2D eigenvalue weighted by atomic mass is 9.97. The lowest BCUT2D eigenvalue weighted by molar-refractivity contribution is -0.187. The Morgan fingerprint density at radius 1 is 1.22 bits per heavy atom. The maximum Gasteiger partial charge on any atom is 0.393 e. The summed E-state index contributed by atoms with van der Waals surface area (Å²) in [5.74, 6) is -3.39. The average molecular weight is 336 g/mol. The maximum absolute atomic E-state index is 13.0. The minimum Gasteiger partial charge on any atom is -0.351 e. The first-order chi connectivity index (χ1) is 10.7. The van der Waals surface area contributed by atoms with Crippen LogP contribution in [0.25, 0.3) is 0 Å². The van der Waals surface area contributed by atoms with Crippen molar-refractivity contribution >= 4 is 5.91 Å². The number of carbonyl (C=O) groups excluding carboxylic acids is 1. The van der Waals surface area contributed by atoms with Gasteiger partial charge in [-0.25, -0.2) is 8.78 Å². The smallest absolute Gasteiger partial charge is 0.351 e. The number of likely N-dealkylation sites (tertiary alicyclic amines) is 1. The van der Waals surface area contributed by atoms with Gasteiger partial charge in [-0.1, -0.05) is 0 Å². The van der Waals surface area contributed by atoms with E-state index in [1.54, 1.807) is 0 Å². The Labute approximate surface area is 130 Å². The van der Waals surface area contributed by atoms with Gasteiger partial charge in [0.1, 0.15) is 11.6 Å². The van der Waals surface area contributed by atoms with Crippen LogP contribution < -0.4 is 5.32 Å². The van der Waals surface area contributed by atoms with Crippen molar-refractivity contribution in [2.75, 3.05) is 19.6 Å². The molecule has 8 heteroatoms. The fraction of sp³-hybridized carbons (Fsp3) is 0.533. The second-order valence-corrected chi connectivity index (χ2v) is 5.67. The first-order valence-electron chi connectivity index (χ1n) is 7.25. The van der Waals surface area contributed by atoms with Gasteiger partial charge in [-0.05, 0) is 37.1 Å². The van der Waals surface area contributed by atoms with Gasteiger partial charge in [-0.3, -0.25) is 9.69 Å². The van der Waals surface area contributed by atoms with Crippen molar-refractivity contribution in [1.82, 2.24) is 10.2 Å². The Hall–Kier alpha value is -1.70. The van der Waals surface area contributed by atoms with Crippen molar-refractivity contribution in [2.45, 2.75) is 25.6 Å². The van der Waals surface area contributed by atoms with Gasteiger partial charge < -0.3 is 5.32 Å². The van der Waals surface area contributed by atoms with Crippen molar-refractivity contribution in [2.24, 2.45) is 5.92 Å². The molecule has 1 N–H and O–H groups in total. The summed E-state index contributed by atoms with van der Waals surface area (Å²) in [7, 11) is 0. The minimum atomic E-state index is -4.26. The fourth-order valence-electron chi connectivity index (χ4n) is 2.64. The maximum atomic E-state index is 13.0. The third-order valence-electron chi connectivity index (χ3n) is 3.75. The molecule has 1 heterocycles. The van der Waals surface area contributed by atoms with Gasteiger partial charge in [0.2, 0.25) is 5.91 Å². The van der Waals surface area contributed by atoms with E-state index in [9.17, 15) is 26.7 Å². The van der Waals surface area contributed by atoms with Crippen LogP contribution >= 0.6 is 0 Å². The highest BCUT2D eigenvalue weighted by molar-refractivity contribution is 5.78. The summed E-state index contributed by atoms with van der Waals surface area (Å²) >= 11 is 0. The van der Waals surface area contributed by atoms with Crippen LogP contribution in [0.1, 0.15) is 18.4 Å². The molecule has 23 heavy (non-hydrogen) atoms. The number of hydrogen-bond acceptors (Lipinski definition) is 2. The van der Waals surface area contributed by atoms with E-state index in [0.717, 1.165) is 18.2 Å². The molecular weight excluding hydrogens is 319 g/mol. The van der Waals surface area contributed by atoms with Gasteiger partial charge in [0, 0.05) is 19.2 Å². The molecular formula is C15H17F5N2O. The number of rotatable bonds is 4. The van der Waals surface area contributed by atoms with Crippen molar-refractivity contribution in [3.63, 3.8) is 0 Å². The largest absolute Gasteiger partial charge is 0.393 e. The lowest BCUT2D eigenvalue weighted by Crippen LogP contribution is -2.45. The molecule has 0 aromatic heterocycles. The lowest BCUT2D eigenvalue weighted by Gasteiger charge is -2.33. The number of benzene rings is 1. The number of nitrogens with zero attached hydrogens (tertiary/aromatic N) is 1. The van der Waals surface area contributed by atoms with Crippen LogP contribution in [0.4, 0.5) is 22.0 Å². The molecule has 0 unspecified atom stereocenters. The predicted octanol–water partition coefficient (Wildman–Crippen LogP) is 2.86. The zero-order valence-electron chi connectivity index (χ0n) is 12.3.